The van der Waals surface area contributed by atoms with Gasteiger partial charge in [-0.3, -0.25) is 4.79 Å². The molecular weight excluding hydrogens is 298 g/mol. The summed E-state index contributed by atoms with van der Waals surface area (Å²) in [6.45, 7) is 3.31. The molecule has 0 unspecified atom stereocenters. The fourth-order valence-corrected chi connectivity index (χ4v) is 4.54. The number of fused-ring (bicyclic) bond motifs is 2. The standard InChI is InChI=1S/C20H27N3O/c1-22-12-9-15-7-8-16(13-19(15)22)20(24)21-14-17-5-4-11-23-10-3-2-6-18(17)23/h7-9,12-13,17-18H,2-6,10-11,14H2,1H3,(H,21,24)/t17-,18+/m1/s1. The minimum atomic E-state index is 0.0611. The number of carbonyl (C=O) groups excluding carboxylic acids is 1. The summed E-state index contributed by atoms with van der Waals surface area (Å²) in [5.74, 6) is 0.674. The van der Waals surface area contributed by atoms with Crippen LogP contribution in [0.25, 0.3) is 10.9 Å². The first-order valence-electron chi connectivity index (χ1n) is 9.30. The third-order valence-corrected chi connectivity index (χ3v) is 5.90. The fourth-order valence-electron chi connectivity index (χ4n) is 4.54. The number of rotatable bonds is 3. The lowest BCUT2D eigenvalue weighted by molar-refractivity contribution is 0.0575. The van der Waals surface area contributed by atoms with Gasteiger partial charge in [0.15, 0.2) is 0 Å². The summed E-state index contributed by atoms with van der Waals surface area (Å²) in [5, 5.41) is 4.38. The van der Waals surface area contributed by atoms with Crippen molar-refractivity contribution in [1.82, 2.24) is 14.8 Å². The molecular formula is C20H27N3O. The Balaban J connectivity index is 1.42. The van der Waals surface area contributed by atoms with E-state index in [1.165, 1.54) is 50.6 Å². The van der Waals surface area contributed by atoms with Crippen LogP contribution in [0.1, 0.15) is 42.5 Å². The zero-order valence-electron chi connectivity index (χ0n) is 14.5. The molecule has 1 aromatic heterocycles. The van der Waals surface area contributed by atoms with Gasteiger partial charge >= 0.3 is 0 Å². The largest absolute Gasteiger partial charge is 0.352 e. The maximum Gasteiger partial charge on any atom is 0.251 e. The van der Waals surface area contributed by atoms with Gasteiger partial charge in [0, 0.05) is 36.9 Å². The molecule has 0 radical (unpaired) electrons. The predicted octanol–water partition coefficient (Wildman–Crippen LogP) is 3.17. The summed E-state index contributed by atoms with van der Waals surface area (Å²) in [6, 6.07) is 8.73. The van der Waals surface area contributed by atoms with E-state index in [0.29, 0.717) is 12.0 Å². The summed E-state index contributed by atoms with van der Waals surface area (Å²) in [5.41, 5.74) is 1.87. The second-order valence-corrected chi connectivity index (χ2v) is 7.41. The van der Waals surface area contributed by atoms with Gasteiger partial charge in [0.1, 0.15) is 0 Å². The Morgan fingerprint density at radius 2 is 2.04 bits per heavy atom. The number of nitrogens with zero attached hydrogens (tertiary/aromatic N) is 2. The zero-order valence-corrected chi connectivity index (χ0v) is 14.5. The average molecular weight is 325 g/mol. The summed E-state index contributed by atoms with van der Waals surface area (Å²) >= 11 is 0. The van der Waals surface area contributed by atoms with Crippen molar-refractivity contribution in [3.05, 3.63) is 36.0 Å². The Bertz CT molecular complexity index is 734. The Hall–Kier alpha value is -1.81. The number of aryl methyl sites for hydroxylation is 1. The Labute approximate surface area is 143 Å². The molecule has 24 heavy (non-hydrogen) atoms. The van der Waals surface area contributed by atoms with Crippen LogP contribution in [0.15, 0.2) is 30.5 Å². The van der Waals surface area contributed by atoms with Crippen LogP contribution in [0.2, 0.25) is 0 Å². The second-order valence-electron chi connectivity index (χ2n) is 7.41. The Kier molecular flexibility index (Phi) is 4.31. The normalized spacial score (nSPS) is 24.7. The Morgan fingerprint density at radius 3 is 2.96 bits per heavy atom. The number of hydrogen-bond acceptors (Lipinski definition) is 2. The van der Waals surface area contributed by atoms with Gasteiger partial charge in [-0.25, -0.2) is 0 Å². The third kappa shape index (κ3) is 2.95. The number of aromatic nitrogens is 1. The highest BCUT2D eigenvalue weighted by Gasteiger charge is 2.32. The molecule has 0 aliphatic carbocycles. The van der Waals surface area contributed by atoms with Crippen molar-refractivity contribution in [3.63, 3.8) is 0 Å². The van der Waals surface area contributed by atoms with Crippen LogP contribution >= 0.6 is 0 Å². The molecule has 1 aromatic carbocycles. The van der Waals surface area contributed by atoms with E-state index < -0.39 is 0 Å². The lowest BCUT2D eigenvalue weighted by Gasteiger charge is -2.44. The van der Waals surface area contributed by atoms with Crippen LogP contribution in [0.5, 0.6) is 0 Å². The van der Waals surface area contributed by atoms with Crippen LogP contribution in [-0.2, 0) is 7.05 Å². The quantitative estimate of drug-likeness (QED) is 0.941. The molecule has 3 heterocycles. The van der Waals surface area contributed by atoms with E-state index in [-0.39, 0.29) is 5.91 Å². The first-order valence-corrected chi connectivity index (χ1v) is 9.30. The summed E-state index contributed by atoms with van der Waals surface area (Å²) in [4.78, 5) is 15.2. The maximum atomic E-state index is 12.6. The van der Waals surface area contributed by atoms with Gasteiger partial charge in [-0.2, -0.15) is 0 Å². The molecule has 0 spiro atoms. The fraction of sp³-hybridized carbons (Fsp3) is 0.550. The highest BCUT2D eigenvalue weighted by atomic mass is 16.1. The zero-order chi connectivity index (χ0) is 16.5. The summed E-state index contributed by atoms with van der Waals surface area (Å²) < 4.78 is 2.06. The first-order chi connectivity index (χ1) is 11.7. The van der Waals surface area contributed by atoms with E-state index in [2.05, 4.69) is 20.9 Å². The van der Waals surface area contributed by atoms with Gasteiger partial charge in [0.25, 0.3) is 5.91 Å². The topological polar surface area (TPSA) is 37.3 Å². The number of carbonyl (C=O) groups is 1. The van der Waals surface area contributed by atoms with E-state index in [4.69, 9.17) is 0 Å². The lowest BCUT2D eigenvalue weighted by atomic mass is 9.83. The van der Waals surface area contributed by atoms with Crippen LogP contribution in [0.3, 0.4) is 0 Å². The number of benzene rings is 1. The monoisotopic (exact) mass is 325 g/mol. The Morgan fingerprint density at radius 1 is 1.17 bits per heavy atom. The van der Waals surface area contributed by atoms with Crippen molar-refractivity contribution >= 4 is 16.8 Å². The molecule has 0 bridgehead atoms. The van der Waals surface area contributed by atoms with E-state index in [0.717, 1.165) is 17.6 Å². The first kappa shape index (κ1) is 15.7. The van der Waals surface area contributed by atoms with E-state index in [9.17, 15) is 4.79 Å². The molecule has 2 aliphatic heterocycles. The van der Waals surface area contributed by atoms with Gasteiger partial charge < -0.3 is 14.8 Å². The van der Waals surface area contributed by atoms with E-state index in [1.54, 1.807) is 0 Å². The molecule has 1 N–H and O–H groups in total. The molecule has 4 nitrogen and oxygen atoms in total. The number of hydrogen-bond donors (Lipinski definition) is 1. The molecule has 4 rings (SSSR count). The molecule has 128 valence electrons. The van der Waals surface area contributed by atoms with Gasteiger partial charge in [0.2, 0.25) is 0 Å². The number of amides is 1. The third-order valence-electron chi connectivity index (χ3n) is 5.90. The van der Waals surface area contributed by atoms with Crippen molar-refractivity contribution in [3.8, 4) is 0 Å². The van der Waals surface area contributed by atoms with Crippen molar-refractivity contribution in [2.75, 3.05) is 19.6 Å². The predicted molar refractivity (Wildman–Crippen MR) is 97.2 cm³/mol. The summed E-state index contributed by atoms with van der Waals surface area (Å²) in [7, 11) is 2.02. The van der Waals surface area contributed by atoms with E-state index in [1.807, 2.05) is 31.4 Å². The van der Waals surface area contributed by atoms with Crippen LogP contribution in [-0.4, -0.2) is 41.1 Å². The molecule has 2 aliphatic rings. The van der Waals surface area contributed by atoms with Crippen molar-refractivity contribution in [1.29, 1.82) is 0 Å². The molecule has 2 fully saturated rings. The van der Waals surface area contributed by atoms with Crippen molar-refractivity contribution in [2.45, 2.75) is 38.1 Å². The molecule has 2 atom stereocenters. The minimum Gasteiger partial charge on any atom is -0.352 e. The minimum absolute atomic E-state index is 0.0611. The summed E-state index contributed by atoms with van der Waals surface area (Å²) in [6.07, 6.45) is 8.54. The SMILES string of the molecule is Cn1ccc2ccc(C(=O)NC[C@H]3CCCN4CCCC[C@@H]34)cc21. The lowest BCUT2D eigenvalue weighted by Crippen LogP contribution is -2.51. The molecule has 2 aromatic rings. The van der Waals surface area contributed by atoms with Crippen LogP contribution < -0.4 is 5.32 Å². The average Bonchev–Trinajstić information content (AvgIpc) is 3.00. The van der Waals surface area contributed by atoms with Gasteiger partial charge in [-0.05, 0) is 68.3 Å². The molecule has 4 heteroatoms. The van der Waals surface area contributed by atoms with Crippen LogP contribution in [0.4, 0.5) is 0 Å². The maximum absolute atomic E-state index is 12.6. The molecule has 0 saturated carbocycles. The smallest absolute Gasteiger partial charge is 0.251 e. The van der Waals surface area contributed by atoms with Gasteiger partial charge in [-0.15, -0.1) is 0 Å². The van der Waals surface area contributed by atoms with Crippen molar-refractivity contribution in [2.24, 2.45) is 13.0 Å². The van der Waals surface area contributed by atoms with Crippen molar-refractivity contribution < 1.29 is 4.79 Å². The van der Waals surface area contributed by atoms with E-state index >= 15 is 0 Å². The molecule has 1 amide bonds. The number of piperidine rings is 2. The highest BCUT2D eigenvalue weighted by molar-refractivity contribution is 5.98. The van der Waals surface area contributed by atoms with Crippen LogP contribution in [0, 0.1) is 5.92 Å². The molecule has 2 saturated heterocycles. The second kappa shape index (κ2) is 6.60. The highest BCUT2D eigenvalue weighted by Crippen LogP contribution is 2.30. The van der Waals surface area contributed by atoms with Gasteiger partial charge in [-0.1, -0.05) is 12.5 Å². The van der Waals surface area contributed by atoms with Gasteiger partial charge in [0.05, 0.1) is 0 Å². The number of nitrogens with one attached hydrogen (secondary N) is 1.